The largest absolute Gasteiger partial charge is 0.506 e. The number of hydrogen-bond donors (Lipinski definition) is 4. The normalized spacial score (nSPS) is 10.9. The Morgan fingerprint density at radius 2 is 1.90 bits per heavy atom. The molecule has 3 aromatic rings. The highest BCUT2D eigenvalue weighted by Gasteiger charge is 2.04. The van der Waals surface area contributed by atoms with Crippen LogP contribution in [0.4, 0.5) is 0 Å². The summed E-state index contributed by atoms with van der Waals surface area (Å²) >= 11 is 5.50. The van der Waals surface area contributed by atoms with Gasteiger partial charge in [0, 0.05) is 23.8 Å². The summed E-state index contributed by atoms with van der Waals surface area (Å²) in [5.41, 5.74) is 7.09. The molecule has 5 N–H and O–H groups in total. The first-order valence-corrected chi connectivity index (χ1v) is 9.72. The van der Waals surface area contributed by atoms with Crippen LogP contribution in [0.1, 0.15) is 41.3 Å². The molecule has 0 aliphatic heterocycles. The number of carbonyl (C=O) groups is 1. The van der Waals surface area contributed by atoms with Gasteiger partial charge in [-0.05, 0) is 47.0 Å². The SMILES string of the molecule is CCC(O)CC#Cc1ccc(C=N)c2ccccc12.NC(=O)c1ccc(O)c(Cl)c1. The molecule has 3 aromatic carbocycles. The van der Waals surface area contributed by atoms with Crippen molar-refractivity contribution in [3.8, 4) is 17.6 Å². The maximum atomic E-state index is 10.5. The maximum Gasteiger partial charge on any atom is 0.248 e. The number of aromatic hydroxyl groups is 1. The van der Waals surface area contributed by atoms with Crippen LogP contribution in [-0.2, 0) is 0 Å². The van der Waals surface area contributed by atoms with Crippen LogP contribution in [0.5, 0.6) is 5.75 Å². The molecule has 154 valence electrons. The van der Waals surface area contributed by atoms with E-state index in [1.165, 1.54) is 24.4 Å². The highest BCUT2D eigenvalue weighted by molar-refractivity contribution is 6.32. The van der Waals surface area contributed by atoms with Crippen molar-refractivity contribution in [1.29, 1.82) is 5.41 Å². The number of carbonyl (C=O) groups excluding carboxylic acids is 1. The molecule has 0 fully saturated rings. The fourth-order valence-corrected chi connectivity index (χ4v) is 2.81. The number of primary amides is 1. The van der Waals surface area contributed by atoms with Crippen molar-refractivity contribution < 1.29 is 15.0 Å². The van der Waals surface area contributed by atoms with Crippen LogP contribution in [0.15, 0.2) is 54.6 Å². The number of benzene rings is 3. The van der Waals surface area contributed by atoms with Gasteiger partial charge in [-0.3, -0.25) is 4.79 Å². The maximum absolute atomic E-state index is 10.5. The fourth-order valence-electron chi connectivity index (χ4n) is 2.63. The number of hydrogen-bond acceptors (Lipinski definition) is 4. The van der Waals surface area contributed by atoms with Crippen molar-refractivity contribution in [3.63, 3.8) is 0 Å². The van der Waals surface area contributed by atoms with Crippen molar-refractivity contribution in [2.24, 2.45) is 5.73 Å². The third-order valence-corrected chi connectivity index (χ3v) is 4.68. The van der Waals surface area contributed by atoms with E-state index in [1.807, 2.05) is 43.3 Å². The molecule has 0 radical (unpaired) electrons. The minimum Gasteiger partial charge on any atom is -0.506 e. The first-order chi connectivity index (χ1) is 14.4. The van der Waals surface area contributed by atoms with Crippen LogP contribution < -0.4 is 5.73 Å². The quantitative estimate of drug-likeness (QED) is 0.367. The topological polar surface area (TPSA) is 107 Å². The van der Waals surface area contributed by atoms with E-state index in [9.17, 15) is 9.90 Å². The molecular formula is C24H23ClN2O3. The number of fused-ring (bicyclic) bond motifs is 1. The predicted octanol–water partition coefficient (Wildman–Crippen LogP) is 4.49. The lowest BCUT2D eigenvalue weighted by Crippen LogP contribution is -2.10. The Hall–Kier alpha value is -3.33. The van der Waals surface area contributed by atoms with E-state index in [4.69, 9.17) is 27.9 Å². The van der Waals surface area contributed by atoms with Gasteiger partial charge < -0.3 is 21.4 Å². The summed E-state index contributed by atoms with van der Waals surface area (Å²) in [6.07, 6.45) is 2.24. The van der Waals surface area contributed by atoms with Gasteiger partial charge in [0.1, 0.15) is 5.75 Å². The number of aliphatic hydroxyl groups is 1. The number of nitrogens with one attached hydrogen (secondary N) is 1. The summed E-state index contributed by atoms with van der Waals surface area (Å²) in [5.74, 6) is 5.52. The summed E-state index contributed by atoms with van der Waals surface area (Å²) in [7, 11) is 0. The lowest BCUT2D eigenvalue weighted by atomic mass is 10.00. The Bertz CT molecular complexity index is 1120. The second-order valence-electron chi connectivity index (χ2n) is 6.49. The Morgan fingerprint density at radius 1 is 1.20 bits per heavy atom. The van der Waals surface area contributed by atoms with Crippen LogP contribution in [0, 0.1) is 17.3 Å². The Morgan fingerprint density at radius 3 is 2.50 bits per heavy atom. The number of nitrogens with two attached hydrogens (primary N) is 1. The molecule has 6 heteroatoms. The summed E-state index contributed by atoms with van der Waals surface area (Å²) < 4.78 is 0. The van der Waals surface area contributed by atoms with E-state index in [-0.39, 0.29) is 22.4 Å². The van der Waals surface area contributed by atoms with Gasteiger partial charge in [-0.25, -0.2) is 0 Å². The predicted molar refractivity (Wildman–Crippen MR) is 121 cm³/mol. The van der Waals surface area contributed by atoms with Crippen molar-refractivity contribution in [2.45, 2.75) is 25.9 Å². The van der Waals surface area contributed by atoms with E-state index >= 15 is 0 Å². The van der Waals surface area contributed by atoms with Gasteiger partial charge in [0.15, 0.2) is 0 Å². The molecule has 1 amide bonds. The van der Waals surface area contributed by atoms with Gasteiger partial charge in [0.2, 0.25) is 5.91 Å². The molecule has 0 bridgehead atoms. The Labute approximate surface area is 180 Å². The molecule has 0 saturated carbocycles. The molecule has 5 nitrogen and oxygen atoms in total. The lowest BCUT2D eigenvalue weighted by molar-refractivity contribution is 0.1000. The van der Waals surface area contributed by atoms with Crippen molar-refractivity contribution in [3.05, 3.63) is 76.3 Å². The summed E-state index contributed by atoms with van der Waals surface area (Å²) in [6.45, 7) is 1.95. The van der Waals surface area contributed by atoms with Crippen molar-refractivity contribution >= 4 is 34.5 Å². The Balaban J connectivity index is 0.000000248. The number of amides is 1. The summed E-state index contributed by atoms with van der Waals surface area (Å²) in [5, 5.41) is 28.1. The molecular weight excluding hydrogens is 400 g/mol. The molecule has 0 saturated heterocycles. The molecule has 1 atom stereocenters. The van der Waals surface area contributed by atoms with Gasteiger partial charge in [0.05, 0.1) is 11.1 Å². The number of halogens is 1. The first kappa shape index (κ1) is 23.0. The number of rotatable bonds is 4. The number of aliphatic hydroxyl groups excluding tert-OH is 1. The molecule has 0 aliphatic carbocycles. The second kappa shape index (κ2) is 11.0. The fraction of sp³-hybridized carbons (Fsp3) is 0.167. The molecule has 1 unspecified atom stereocenters. The third-order valence-electron chi connectivity index (χ3n) is 4.38. The van der Waals surface area contributed by atoms with Crippen LogP contribution in [0.2, 0.25) is 5.02 Å². The van der Waals surface area contributed by atoms with Crippen LogP contribution in [0.25, 0.3) is 10.8 Å². The van der Waals surface area contributed by atoms with Gasteiger partial charge in [-0.2, -0.15) is 0 Å². The minimum atomic E-state index is -0.563. The summed E-state index contributed by atoms with van der Waals surface area (Å²) in [4.78, 5) is 10.5. The second-order valence-corrected chi connectivity index (χ2v) is 6.90. The molecule has 0 aromatic heterocycles. The first-order valence-electron chi connectivity index (χ1n) is 9.34. The molecule has 30 heavy (non-hydrogen) atoms. The van der Waals surface area contributed by atoms with Gasteiger partial charge in [-0.1, -0.05) is 60.7 Å². The summed E-state index contributed by atoms with van der Waals surface area (Å²) in [6, 6.07) is 15.9. The molecule has 3 rings (SSSR count). The minimum absolute atomic E-state index is 0.0586. The van der Waals surface area contributed by atoms with E-state index in [2.05, 4.69) is 11.8 Å². The zero-order valence-electron chi connectivity index (χ0n) is 16.5. The lowest BCUT2D eigenvalue weighted by Gasteiger charge is -2.04. The molecule has 0 heterocycles. The third kappa shape index (κ3) is 6.08. The smallest absolute Gasteiger partial charge is 0.248 e. The number of phenols is 1. The molecule has 0 spiro atoms. The van der Waals surface area contributed by atoms with Crippen LogP contribution in [0.3, 0.4) is 0 Å². The van der Waals surface area contributed by atoms with Crippen LogP contribution in [-0.4, -0.2) is 28.4 Å². The van der Waals surface area contributed by atoms with E-state index in [1.54, 1.807) is 0 Å². The standard InChI is InChI=1S/C17H17NO.C7H6ClNO2/c1-2-15(19)7-5-6-13-10-11-14(12-18)17-9-4-3-8-16(13)17;8-5-3-4(7(9)11)1-2-6(5)10/h3-4,8-12,15,18-19H,2,7H2,1H3;1-3,10H,(H2,9,11). The van der Waals surface area contributed by atoms with E-state index in [0.717, 1.165) is 28.3 Å². The average Bonchev–Trinajstić information content (AvgIpc) is 2.75. The highest BCUT2D eigenvalue weighted by Crippen LogP contribution is 2.23. The van der Waals surface area contributed by atoms with E-state index < -0.39 is 5.91 Å². The van der Waals surface area contributed by atoms with E-state index in [0.29, 0.717) is 6.42 Å². The van der Waals surface area contributed by atoms with Gasteiger partial charge >= 0.3 is 0 Å². The van der Waals surface area contributed by atoms with Crippen molar-refractivity contribution in [1.82, 2.24) is 0 Å². The zero-order valence-corrected chi connectivity index (χ0v) is 17.3. The average molecular weight is 423 g/mol. The number of phenolic OH excluding ortho intramolecular Hbond substituents is 1. The van der Waals surface area contributed by atoms with Crippen LogP contribution >= 0.6 is 11.6 Å². The van der Waals surface area contributed by atoms with Gasteiger partial charge in [0.25, 0.3) is 0 Å². The van der Waals surface area contributed by atoms with Gasteiger partial charge in [-0.15, -0.1) is 0 Å². The monoisotopic (exact) mass is 422 g/mol. The molecule has 0 aliphatic rings. The van der Waals surface area contributed by atoms with Crippen molar-refractivity contribution in [2.75, 3.05) is 0 Å². The highest BCUT2D eigenvalue weighted by atomic mass is 35.5. The Kier molecular flexibility index (Phi) is 8.42. The zero-order chi connectivity index (χ0) is 22.1.